The lowest BCUT2D eigenvalue weighted by molar-refractivity contribution is -0.115. The van der Waals surface area contributed by atoms with E-state index in [1.165, 1.54) is 0 Å². The molecule has 0 heterocycles. The molecule has 0 aliphatic rings. The van der Waals surface area contributed by atoms with Crippen molar-refractivity contribution in [3.05, 3.63) is 0 Å². The Morgan fingerprint density at radius 2 is 2.00 bits per heavy atom. The molecule has 1 unspecified atom stereocenters. The molecule has 0 bridgehead atoms. The van der Waals surface area contributed by atoms with Crippen molar-refractivity contribution in [1.29, 1.82) is 0 Å². The van der Waals surface area contributed by atoms with Gasteiger partial charge < -0.3 is 0 Å². The number of hydrogen-bond donors (Lipinski definition) is 0. The van der Waals surface area contributed by atoms with Crippen molar-refractivity contribution in [2.45, 2.75) is 46.6 Å². The van der Waals surface area contributed by atoms with Gasteiger partial charge in [0.05, 0.1) is 0 Å². The third-order valence-electron chi connectivity index (χ3n) is 1.54. The highest BCUT2D eigenvalue weighted by Gasteiger charge is 1.99. The summed E-state index contributed by atoms with van der Waals surface area (Å²) in [6.07, 6.45) is 1.54. The van der Waals surface area contributed by atoms with E-state index in [2.05, 4.69) is 18.8 Å². The van der Waals surface area contributed by atoms with Gasteiger partial charge in [0.25, 0.3) is 0 Å². The van der Waals surface area contributed by atoms with Crippen LogP contribution in [0.1, 0.15) is 40.5 Å². The molecule has 0 radical (unpaired) electrons. The maximum absolute atomic E-state index is 10.6. The van der Waals surface area contributed by atoms with E-state index in [-0.39, 0.29) is 5.78 Å². The highest BCUT2D eigenvalue weighted by molar-refractivity contribution is 5.99. The predicted molar refractivity (Wildman–Crippen MR) is 48.2 cm³/mol. The van der Waals surface area contributed by atoms with E-state index in [4.69, 9.17) is 0 Å². The number of rotatable bonds is 4. The van der Waals surface area contributed by atoms with E-state index in [9.17, 15) is 4.79 Å². The van der Waals surface area contributed by atoms with Crippen LogP contribution in [0.25, 0.3) is 0 Å². The van der Waals surface area contributed by atoms with Gasteiger partial charge in [-0.1, -0.05) is 6.92 Å². The van der Waals surface area contributed by atoms with Crippen molar-refractivity contribution in [3.8, 4) is 0 Å². The molecule has 0 saturated carbocycles. The average Bonchev–Trinajstić information content (AvgIpc) is 1.85. The molecular weight excluding hydrogens is 138 g/mol. The summed E-state index contributed by atoms with van der Waals surface area (Å²) in [7, 11) is 0. The van der Waals surface area contributed by atoms with Crippen molar-refractivity contribution in [2.24, 2.45) is 4.99 Å². The number of carbonyl (C=O) groups is 1. The molecule has 0 aliphatic carbocycles. The zero-order chi connectivity index (χ0) is 8.85. The van der Waals surface area contributed by atoms with Gasteiger partial charge in [-0.15, -0.1) is 0 Å². The molecule has 0 aromatic heterocycles. The number of hydrogen-bond acceptors (Lipinski definition) is 2. The van der Waals surface area contributed by atoms with Crippen molar-refractivity contribution in [1.82, 2.24) is 0 Å². The summed E-state index contributed by atoms with van der Waals surface area (Å²) in [5.74, 6) is 0.189. The Kier molecular flexibility index (Phi) is 4.75. The van der Waals surface area contributed by atoms with Crippen LogP contribution in [0.3, 0.4) is 0 Å². The van der Waals surface area contributed by atoms with E-state index >= 15 is 0 Å². The summed E-state index contributed by atoms with van der Waals surface area (Å²) in [6, 6.07) is 0.356. The van der Waals surface area contributed by atoms with Gasteiger partial charge in [0.1, 0.15) is 5.78 Å². The number of aliphatic imine (C=N–C) groups is 1. The molecule has 1 atom stereocenters. The first-order chi connectivity index (χ1) is 5.06. The molecular formula is C9H17NO. The van der Waals surface area contributed by atoms with E-state index in [1.807, 2.05) is 6.92 Å². The van der Waals surface area contributed by atoms with Gasteiger partial charge in [-0.25, -0.2) is 0 Å². The number of nitrogens with zero attached hydrogens (tertiary/aromatic N) is 1. The topological polar surface area (TPSA) is 29.4 Å². The Balaban J connectivity index is 3.89. The van der Waals surface area contributed by atoms with Gasteiger partial charge in [0.15, 0.2) is 0 Å². The summed E-state index contributed by atoms with van der Waals surface area (Å²) in [6.45, 7) is 7.65. The zero-order valence-corrected chi connectivity index (χ0v) is 7.85. The summed E-state index contributed by atoms with van der Waals surface area (Å²) < 4.78 is 0. The third-order valence-corrected chi connectivity index (χ3v) is 1.54. The van der Waals surface area contributed by atoms with E-state index in [0.717, 1.165) is 12.1 Å². The molecule has 2 nitrogen and oxygen atoms in total. The maximum Gasteiger partial charge on any atom is 0.135 e. The molecule has 0 aliphatic heterocycles. The monoisotopic (exact) mass is 155 g/mol. The van der Waals surface area contributed by atoms with Gasteiger partial charge in [-0.05, 0) is 27.2 Å². The molecule has 64 valence electrons. The highest BCUT2D eigenvalue weighted by Crippen LogP contribution is 1.98. The summed E-state index contributed by atoms with van der Waals surface area (Å²) in [5.41, 5.74) is 0.951. The first kappa shape index (κ1) is 10.3. The molecule has 0 aromatic carbocycles. The van der Waals surface area contributed by atoms with Gasteiger partial charge in [0.2, 0.25) is 0 Å². The molecule has 0 spiro atoms. The van der Waals surface area contributed by atoms with Crippen LogP contribution < -0.4 is 0 Å². The van der Waals surface area contributed by atoms with Crippen LogP contribution in [-0.4, -0.2) is 17.5 Å². The minimum absolute atomic E-state index is 0.189. The minimum Gasteiger partial charge on any atom is -0.300 e. The number of carbonyl (C=O) groups excluding carboxylic acids is 1. The highest BCUT2D eigenvalue weighted by atomic mass is 16.1. The number of Topliss-reactive ketones (excluding diaryl/α,β-unsaturated/α-hetero) is 1. The molecule has 0 N–H and O–H groups in total. The van der Waals surface area contributed by atoms with Crippen LogP contribution in [0.2, 0.25) is 0 Å². The van der Waals surface area contributed by atoms with Gasteiger partial charge in [0, 0.05) is 18.2 Å². The first-order valence-corrected chi connectivity index (χ1v) is 4.09. The molecule has 2 heteroatoms. The van der Waals surface area contributed by atoms with Crippen molar-refractivity contribution in [3.63, 3.8) is 0 Å². The van der Waals surface area contributed by atoms with E-state index in [0.29, 0.717) is 12.5 Å². The fourth-order valence-corrected chi connectivity index (χ4v) is 0.873. The average molecular weight is 155 g/mol. The van der Waals surface area contributed by atoms with E-state index < -0.39 is 0 Å². The second-order valence-corrected chi connectivity index (χ2v) is 3.00. The lowest BCUT2D eigenvalue weighted by Gasteiger charge is -2.03. The van der Waals surface area contributed by atoms with Crippen molar-refractivity contribution < 1.29 is 4.79 Å². The molecule has 0 rings (SSSR count). The molecule has 0 saturated heterocycles. The van der Waals surface area contributed by atoms with Crippen molar-refractivity contribution >= 4 is 11.5 Å². The Hall–Kier alpha value is -0.660. The molecule has 11 heavy (non-hydrogen) atoms. The fourth-order valence-electron chi connectivity index (χ4n) is 0.873. The second kappa shape index (κ2) is 5.05. The summed E-state index contributed by atoms with van der Waals surface area (Å²) >= 11 is 0. The number of ketones is 1. The van der Waals surface area contributed by atoms with Crippen LogP contribution >= 0.6 is 0 Å². The minimum atomic E-state index is 0.189. The quantitative estimate of drug-likeness (QED) is 0.572. The summed E-state index contributed by atoms with van der Waals surface area (Å²) in [4.78, 5) is 15.0. The molecule has 0 amide bonds. The zero-order valence-electron chi connectivity index (χ0n) is 7.85. The first-order valence-electron chi connectivity index (χ1n) is 4.09. The molecule has 0 aromatic rings. The van der Waals surface area contributed by atoms with E-state index in [1.54, 1.807) is 6.92 Å². The van der Waals surface area contributed by atoms with Gasteiger partial charge in [-0.2, -0.15) is 0 Å². The Labute approximate surface area is 68.7 Å². The van der Waals surface area contributed by atoms with Crippen LogP contribution in [0, 0.1) is 0 Å². The lowest BCUT2D eigenvalue weighted by atomic mass is 10.2. The normalized spacial score (nSPS) is 14.7. The lowest BCUT2D eigenvalue weighted by Crippen LogP contribution is -2.05. The smallest absolute Gasteiger partial charge is 0.135 e. The Morgan fingerprint density at radius 1 is 1.45 bits per heavy atom. The van der Waals surface area contributed by atoms with Crippen LogP contribution in [0.4, 0.5) is 0 Å². The van der Waals surface area contributed by atoms with Gasteiger partial charge >= 0.3 is 0 Å². The maximum atomic E-state index is 10.6. The predicted octanol–water partition coefficient (Wildman–Crippen LogP) is 2.22. The SMILES string of the molecule is CCC(C)N=C(C)CC(C)=O. The summed E-state index contributed by atoms with van der Waals surface area (Å²) in [5, 5.41) is 0. The largest absolute Gasteiger partial charge is 0.300 e. The second-order valence-electron chi connectivity index (χ2n) is 3.00. The van der Waals surface area contributed by atoms with Crippen LogP contribution in [0.15, 0.2) is 4.99 Å². The Morgan fingerprint density at radius 3 is 2.36 bits per heavy atom. The third kappa shape index (κ3) is 5.77. The van der Waals surface area contributed by atoms with Crippen LogP contribution in [-0.2, 0) is 4.79 Å². The Bertz CT molecular complexity index is 161. The molecule has 0 fully saturated rings. The fraction of sp³-hybridized carbons (Fsp3) is 0.778. The van der Waals surface area contributed by atoms with Crippen LogP contribution in [0.5, 0.6) is 0 Å². The van der Waals surface area contributed by atoms with Gasteiger partial charge in [-0.3, -0.25) is 9.79 Å². The standard InChI is InChI=1S/C9H17NO/c1-5-7(2)10-8(3)6-9(4)11/h7H,5-6H2,1-4H3. The van der Waals surface area contributed by atoms with Crippen molar-refractivity contribution in [2.75, 3.05) is 0 Å².